The van der Waals surface area contributed by atoms with Crippen LogP contribution in [0.15, 0.2) is 207 Å². The number of furan rings is 1. The van der Waals surface area contributed by atoms with Gasteiger partial charge in [0.05, 0.1) is 5.56 Å². The Kier molecular flexibility index (Phi) is 11.7. The van der Waals surface area contributed by atoms with Crippen molar-refractivity contribution in [2.45, 2.75) is 6.92 Å². The topological polar surface area (TPSA) is 88.5 Å². The minimum atomic E-state index is -0.900. The van der Waals surface area contributed by atoms with Crippen LogP contribution in [0.4, 0.5) is 5.69 Å². The summed E-state index contributed by atoms with van der Waals surface area (Å²) < 4.78 is 13.8. The number of benzene rings is 7. The lowest BCUT2D eigenvalue weighted by molar-refractivity contribution is -0.134. The van der Waals surface area contributed by atoms with E-state index < -0.39 is 5.97 Å². The normalized spacial score (nSPS) is 10.7. The van der Waals surface area contributed by atoms with Gasteiger partial charge >= 0.3 is 5.97 Å². The van der Waals surface area contributed by atoms with Crippen molar-refractivity contribution in [3.63, 3.8) is 0 Å². The van der Waals surface area contributed by atoms with Crippen LogP contribution in [0.1, 0.15) is 5.56 Å². The predicted molar refractivity (Wildman–Crippen MR) is 242 cm³/mol. The van der Waals surface area contributed by atoms with Crippen molar-refractivity contribution in [1.29, 1.82) is 0 Å². The van der Waals surface area contributed by atoms with Crippen LogP contribution >= 0.6 is 15.9 Å². The number of aromatic nitrogens is 1. The summed E-state index contributed by atoms with van der Waals surface area (Å²) in [6.07, 6.45) is 0. The summed E-state index contributed by atoms with van der Waals surface area (Å²) in [5.41, 5.74) is 11.9. The molecule has 0 aliphatic rings. The summed E-state index contributed by atoms with van der Waals surface area (Å²) in [6, 6.07) is 64.7. The van der Waals surface area contributed by atoms with Gasteiger partial charge in [-0.2, -0.15) is 0 Å². The molecule has 0 unspecified atom stereocenters. The average Bonchev–Trinajstić information content (AvgIpc) is 3.95. The number of nitrogens with one attached hydrogen (secondary N) is 1. The van der Waals surface area contributed by atoms with Crippen LogP contribution in [0, 0.1) is 6.92 Å². The van der Waals surface area contributed by atoms with Gasteiger partial charge in [0.15, 0.2) is 5.76 Å². The van der Waals surface area contributed by atoms with E-state index in [-0.39, 0.29) is 6.54 Å². The number of halogens is 1. The molecule has 0 spiro atoms. The standard InChI is InChI=1S/C30H23NO3.C22H16BrNO/c32-29(33)20-31-24-15-9-14-23(18-24)25-16-7-8-17-26(25)28-19-27(21-10-3-1-4-11-21)30(34-28)22-12-5-2-6-13-22;1-15-9-8-14-18(19(15)23)22-24-20(16-10-4-2-5-11-16)21(25-22)17-12-6-3-7-13-17/h1-19,31H,20H2,(H,32,33);2-14H,1H3. The van der Waals surface area contributed by atoms with Gasteiger partial charge in [-0.25, -0.2) is 4.98 Å². The zero-order chi connectivity index (χ0) is 40.6. The summed E-state index contributed by atoms with van der Waals surface area (Å²) in [5, 5.41) is 11.9. The summed E-state index contributed by atoms with van der Waals surface area (Å²) in [5.74, 6) is 2.11. The number of aliphatic carboxylic acids is 1. The first kappa shape index (κ1) is 38.6. The Bertz CT molecular complexity index is 2700. The number of carbonyl (C=O) groups is 1. The van der Waals surface area contributed by atoms with E-state index in [1.165, 1.54) is 0 Å². The molecule has 0 radical (unpaired) electrons. The Labute approximate surface area is 351 Å². The zero-order valence-electron chi connectivity index (χ0n) is 32.2. The van der Waals surface area contributed by atoms with Crippen molar-refractivity contribution in [2.24, 2.45) is 0 Å². The van der Waals surface area contributed by atoms with Crippen molar-refractivity contribution in [3.05, 3.63) is 204 Å². The minimum Gasteiger partial charge on any atom is -0.480 e. The highest BCUT2D eigenvalue weighted by atomic mass is 79.9. The molecule has 0 fully saturated rings. The Morgan fingerprint density at radius 3 is 1.71 bits per heavy atom. The Hall–Kier alpha value is -7.22. The molecule has 288 valence electrons. The van der Waals surface area contributed by atoms with Crippen molar-refractivity contribution in [3.8, 4) is 78.9 Å². The summed E-state index contributed by atoms with van der Waals surface area (Å²) in [4.78, 5) is 15.8. The fraction of sp³-hybridized carbons (Fsp3) is 0.0385. The first-order chi connectivity index (χ1) is 28.9. The molecule has 0 atom stereocenters. The highest BCUT2D eigenvalue weighted by Crippen LogP contribution is 2.42. The van der Waals surface area contributed by atoms with Crippen molar-refractivity contribution < 1.29 is 18.7 Å². The number of oxazole rings is 1. The van der Waals surface area contributed by atoms with Crippen LogP contribution in [0.2, 0.25) is 0 Å². The largest absolute Gasteiger partial charge is 0.480 e. The average molecular weight is 836 g/mol. The van der Waals surface area contributed by atoms with E-state index in [2.05, 4.69) is 88.8 Å². The fourth-order valence-electron chi connectivity index (χ4n) is 6.91. The molecule has 0 saturated carbocycles. The van der Waals surface area contributed by atoms with Gasteiger partial charge in [0, 0.05) is 38.0 Å². The molecule has 0 saturated heterocycles. The predicted octanol–water partition coefficient (Wildman–Crippen LogP) is 14.2. The number of carboxylic acid groups (broad SMARTS) is 1. The van der Waals surface area contributed by atoms with Gasteiger partial charge in [0.1, 0.15) is 23.8 Å². The maximum atomic E-state index is 11.0. The van der Waals surface area contributed by atoms with E-state index in [0.29, 0.717) is 5.89 Å². The number of carboxylic acids is 1. The van der Waals surface area contributed by atoms with E-state index in [4.69, 9.17) is 18.9 Å². The molecule has 2 heterocycles. The Balaban J connectivity index is 0.000000172. The molecule has 0 bridgehead atoms. The maximum absolute atomic E-state index is 11.0. The smallest absolute Gasteiger partial charge is 0.322 e. The quantitative estimate of drug-likeness (QED) is 0.143. The molecule has 2 N–H and O–H groups in total. The van der Waals surface area contributed by atoms with Crippen molar-refractivity contribution >= 4 is 27.6 Å². The lowest BCUT2D eigenvalue weighted by atomic mass is 9.96. The van der Waals surface area contributed by atoms with Gasteiger partial charge in [-0.1, -0.05) is 170 Å². The van der Waals surface area contributed by atoms with E-state index in [9.17, 15) is 4.79 Å². The highest BCUT2D eigenvalue weighted by Gasteiger charge is 2.21. The van der Waals surface area contributed by atoms with Crippen LogP contribution in [-0.4, -0.2) is 22.6 Å². The molecular weight excluding hydrogens is 796 g/mol. The van der Waals surface area contributed by atoms with Gasteiger partial charge in [0.25, 0.3) is 0 Å². The first-order valence-electron chi connectivity index (χ1n) is 19.2. The molecule has 2 aromatic heterocycles. The van der Waals surface area contributed by atoms with Crippen molar-refractivity contribution in [2.75, 3.05) is 11.9 Å². The van der Waals surface area contributed by atoms with Gasteiger partial charge < -0.3 is 19.3 Å². The Morgan fingerprint density at radius 2 is 1.07 bits per heavy atom. The molecule has 9 aromatic rings. The molecule has 0 aliphatic heterocycles. The molecule has 0 amide bonds. The molecule has 7 aromatic carbocycles. The highest BCUT2D eigenvalue weighted by molar-refractivity contribution is 9.10. The number of anilines is 1. The second kappa shape index (κ2) is 17.9. The van der Waals surface area contributed by atoms with Crippen molar-refractivity contribution in [1.82, 2.24) is 4.98 Å². The third-order valence-electron chi connectivity index (χ3n) is 9.80. The number of rotatable bonds is 10. The first-order valence-corrected chi connectivity index (χ1v) is 20.0. The minimum absolute atomic E-state index is 0.135. The Morgan fingerprint density at radius 1 is 0.542 bits per heavy atom. The number of nitrogens with zero attached hydrogens (tertiary/aromatic N) is 1. The lowest BCUT2D eigenvalue weighted by Gasteiger charge is -2.10. The van der Waals surface area contributed by atoms with E-state index >= 15 is 0 Å². The summed E-state index contributed by atoms with van der Waals surface area (Å²) >= 11 is 3.66. The van der Waals surface area contributed by atoms with Crippen LogP contribution in [0.5, 0.6) is 0 Å². The fourth-order valence-corrected chi connectivity index (χ4v) is 7.34. The van der Waals surface area contributed by atoms with Gasteiger partial charge in [-0.05, 0) is 69.4 Å². The number of hydrogen-bond acceptors (Lipinski definition) is 5. The van der Waals surface area contributed by atoms with Gasteiger partial charge in [-0.15, -0.1) is 0 Å². The van der Waals surface area contributed by atoms with Crippen LogP contribution < -0.4 is 5.32 Å². The van der Waals surface area contributed by atoms with Gasteiger partial charge in [0.2, 0.25) is 5.89 Å². The molecule has 9 rings (SSSR count). The SMILES string of the molecule is Cc1cccc(-c2nc(-c3ccccc3)c(-c3ccccc3)o2)c1Br.O=C(O)CNc1cccc(-c2ccccc2-c2cc(-c3ccccc3)c(-c3ccccc3)o2)c1. The number of hydrogen-bond donors (Lipinski definition) is 2. The van der Waals surface area contributed by atoms with Crippen LogP contribution in [0.3, 0.4) is 0 Å². The monoisotopic (exact) mass is 834 g/mol. The summed E-state index contributed by atoms with van der Waals surface area (Å²) in [7, 11) is 0. The molecule has 7 heteroatoms. The molecular formula is C52H39BrN2O4. The van der Waals surface area contributed by atoms with E-state index in [1.807, 2.05) is 133 Å². The second-order valence-electron chi connectivity index (χ2n) is 13.8. The van der Waals surface area contributed by atoms with E-state index in [0.717, 1.165) is 88.8 Å². The van der Waals surface area contributed by atoms with Crippen LogP contribution in [-0.2, 0) is 4.79 Å². The second-order valence-corrected chi connectivity index (χ2v) is 14.6. The van der Waals surface area contributed by atoms with E-state index in [1.54, 1.807) is 0 Å². The third kappa shape index (κ3) is 8.86. The van der Waals surface area contributed by atoms with Gasteiger partial charge in [-0.3, -0.25) is 4.79 Å². The maximum Gasteiger partial charge on any atom is 0.322 e. The molecule has 59 heavy (non-hydrogen) atoms. The summed E-state index contributed by atoms with van der Waals surface area (Å²) in [6.45, 7) is 1.93. The van der Waals surface area contributed by atoms with Crippen LogP contribution in [0.25, 0.3) is 78.9 Å². The third-order valence-corrected chi connectivity index (χ3v) is 10.8. The number of aryl methyl sites for hydroxylation is 1. The molecule has 6 nitrogen and oxygen atoms in total. The molecule has 0 aliphatic carbocycles. The lowest BCUT2D eigenvalue weighted by Crippen LogP contribution is -2.12. The zero-order valence-corrected chi connectivity index (χ0v) is 33.8.